The Hall–Kier alpha value is -2.20. The van der Waals surface area contributed by atoms with Gasteiger partial charge in [-0.25, -0.2) is 0 Å². The molecule has 6 heteroatoms. The first-order valence-electron chi connectivity index (χ1n) is 7.66. The first kappa shape index (κ1) is 14.7. The van der Waals surface area contributed by atoms with Gasteiger partial charge in [-0.1, -0.05) is 6.07 Å². The molecule has 2 atom stereocenters. The normalized spacial score (nSPS) is 23.7. The van der Waals surface area contributed by atoms with E-state index in [1.807, 2.05) is 18.2 Å². The van der Waals surface area contributed by atoms with Gasteiger partial charge in [0.1, 0.15) is 0 Å². The number of methoxy groups -OCH3 is 1. The molecule has 1 aromatic carbocycles. The summed E-state index contributed by atoms with van der Waals surface area (Å²) >= 11 is 0. The van der Waals surface area contributed by atoms with Gasteiger partial charge in [-0.3, -0.25) is 4.79 Å². The second-order valence-corrected chi connectivity index (χ2v) is 5.91. The van der Waals surface area contributed by atoms with E-state index in [0.717, 1.165) is 30.6 Å². The SMILES string of the molecule is COc1ccc([C@@H]2C[C@H]2C(=O)N=[N+]=[N-])cc1OC1CCCC1. The lowest BCUT2D eigenvalue weighted by Gasteiger charge is -2.17. The second kappa shape index (κ2) is 6.28. The molecule has 0 N–H and O–H groups in total. The monoisotopic (exact) mass is 301 g/mol. The van der Waals surface area contributed by atoms with Gasteiger partial charge >= 0.3 is 0 Å². The van der Waals surface area contributed by atoms with Crippen molar-refractivity contribution in [2.45, 2.75) is 44.1 Å². The quantitative estimate of drug-likeness (QED) is 0.468. The van der Waals surface area contributed by atoms with E-state index in [0.29, 0.717) is 5.75 Å². The average Bonchev–Trinajstić information content (AvgIpc) is 3.17. The zero-order chi connectivity index (χ0) is 15.5. The molecule has 2 aliphatic rings. The highest BCUT2D eigenvalue weighted by molar-refractivity contribution is 5.83. The van der Waals surface area contributed by atoms with Gasteiger partial charge in [0.05, 0.1) is 13.2 Å². The molecule has 2 aliphatic carbocycles. The van der Waals surface area contributed by atoms with Crippen molar-refractivity contribution in [3.63, 3.8) is 0 Å². The fourth-order valence-corrected chi connectivity index (χ4v) is 3.16. The van der Waals surface area contributed by atoms with Crippen molar-refractivity contribution in [2.75, 3.05) is 7.11 Å². The first-order chi connectivity index (χ1) is 10.7. The molecule has 1 aromatic rings. The highest BCUT2D eigenvalue weighted by Crippen LogP contribution is 2.50. The van der Waals surface area contributed by atoms with Crippen LogP contribution >= 0.6 is 0 Å². The van der Waals surface area contributed by atoms with Gasteiger partial charge in [0.25, 0.3) is 0 Å². The summed E-state index contributed by atoms with van der Waals surface area (Å²) in [6.45, 7) is 0. The topological polar surface area (TPSA) is 84.3 Å². The molecule has 6 nitrogen and oxygen atoms in total. The molecular formula is C16H19N3O3. The molecule has 116 valence electrons. The molecule has 0 radical (unpaired) electrons. The Bertz CT molecular complexity index is 619. The minimum Gasteiger partial charge on any atom is -0.493 e. The van der Waals surface area contributed by atoms with Crippen LogP contribution in [0.5, 0.6) is 11.5 Å². The molecule has 0 heterocycles. The largest absolute Gasteiger partial charge is 0.493 e. The van der Waals surface area contributed by atoms with Crippen molar-refractivity contribution in [3.05, 3.63) is 34.2 Å². The third-order valence-electron chi connectivity index (χ3n) is 4.46. The Kier molecular flexibility index (Phi) is 4.20. The van der Waals surface area contributed by atoms with Crippen LogP contribution in [0, 0.1) is 5.92 Å². The summed E-state index contributed by atoms with van der Waals surface area (Å²) in [6, 6.07) is 5.80. The van der Waals surface area contributed by atoms with E-state index < -0.39 is 0 Å². The van der Waals surface area contributed by atoms with Gasteiger partial charge in [0.15, 0.2) is 11.5 Å². The number of carbonyl (C=O) groups is 1. The molecule has 3 rings (SSSR count). The summed E-state index contributed by atoms with van der Waals surface area (Å²) < 4.78 is 11.4. The lowest BCUT2D eigenvalue weighted by molar-refractivity contribution is -0.119. The summed E-state index contributed by atoms with van der Waals surface area (Å²) in [4.78, 5) is 14.2. The van der Waals surface area contributed by atoms with Crippen molar-refractivity contribution in [2.24, 2.45) is 11.0 Å². The Labute approximate surface area is 129 Å². The van der Waals surface area contributed by atoms with Crippen LogP contribution in [-0.2, 0) is 4.79 Å². The van der Waals surface area contributed by atoms with E-state index in [-0.39, 0.29) is 23.8 Å². The summed E-state index contributed by atoms with van der Waals surface area (Å²) in [5, 5.41) is 3.19. The van der Waals surface area contributed by atoms with Crippen LogP contribution in [0.3, 0.4) is 0 Å². The number of hydrogen-bond acceptors (Lipinski definition) is 3. The fourth-order valence-electron chi connectivity index (χ4n) is 3.16. The molecule has 0 spiro atoms. The van der Waals surface area contributed by atoms with Gasteiger partial charge < -0.3 is 9.47 Å². The smallest absolute Gasteiger partial charge is 0.222 e. The van der Waals surface area contributed by atoms with Gasteiger partial charge in [-0.15, -0.1) is 0 Å². The van der Waals surface area contributed by atoms with Crippen LogP contribution in [0.4, 0.5) is 0 Å². The highest BCUT2D eigenvalue weighted by atomic mass is 16.5. The standard InChI is InChI=1S/C16H19N3O3/c1-21-14-7-6-10(12-9-13(12)16(20)18-19-17)8-15(14)22-11-4-2-3-5-11/h6-8,11-13H,2-5,9H2,1H3/t12-,13+/m0/s1. The second-order valence-electron chi connectivity index (χ2n) is 5.91. The summed E-state index contributed by atoms with van der Waals surface area (Å²) in [6.07, 6.45) is 5.55. The summed E-state index contributed by atoms with van der Waals surface area (Å²) in [5.74, 6) is 1.02. The lowest BCUT2D eigenvalue weighted by Crippen LogP contribution is -2.11. The van der Waals surface area contributed by atoms with Crippen molar-refractivity contribution in [1.82, 2.24) is 0 Å². The molecular weight excluding hydrogens is 282 g/mol. The molecule has 2 saturated carbocycles. The lowest BCUT2D eigenvalue weighted by atomic mass is 10.1. The third-order valence-corrected chi connectivity index (χ3v) is 4.46. The number of amides is 1. The fraction of sp³-hybridized carbons (Fsp3) is 0.562. The Morgan fingerprint density at radius 1 is 1.32 bits per heavy atom. The molecule has 0 bridgehead atoms. The maximum atomic E-state index is 11.6. The van der Waals surface area contributed by atoms with Crippen molar-refractivity contribution >= 4 is 5.91 Å². The first-order valence-corrected chi connectivity index (χ1v) is 7.66. The molecule has 0 aliphatic heterocycles. The minimum atomic E-state index is -0.374. The van der Waals surface area contributed by atoms with Gasteiger partial charge in [-0.2, -0.15) is 0 Å². The summed E-state index contributed by atoms with van der Waals surface area (Å²) in [7, 11) is 1.63. The number of hydrogen-bond donors (Lipinski definition) is 0. The van der Waals surface area contributed by atoms with E-state index in [9.17, 15) is 4.79 Å². The summed E-state index contributed by atoms with van der Waals surface area (Å²) in [5.41, 5.74) is 9.38. The maximum absolute atomic E-state index is 11.6. The number of azide groups is 1. The maximum Gasteiger partial charge on any atom is 0.222 e. The number of ether oxygens (including phenoxy) is 2. The van der Waals surface area contributed by atoms with Crippen LogP contribution in [-0.4, -0.2) is 19.1 Å². The number of nitrogens with zero attached hydrogens (tertiary/aromatic N) is 3. The molecule has 0 unspecified atom stereocenters. The van der Waals surface area contributed by atoms with E-state index in [2.05, 4.69) is 10.0 Å². The van der Waals surface area contributed by atoms with E-state index in [1.165, 1.54) is 12.8 Å². The van der Waals surface area contributed by atoms with E-state index in [4.69, 9.17) is 15.0 Å². The predicted molar refractivity (Wildman–Crippen MR) is 80.9 cm³/mol. The van der Waals surface area contributed by atoms with Gasteiger partial charge in [0.2, 0.25) is 5.91 Å². The molecule has 0 saturated heterocycles. The minimum absolute atomic E-state index is 0.120. The van der Waals surface area contributed by atoms with Crippen LogP contribution in [0.1, 0.15) is 43.6 Å². The number of carbonyl (C=O) groups excluding carboxylic acids is 1. The van der Waals surface area contributed by atoms with Gasteiger partial charge in [-0.05, 0) is 66.4 Å². The van der Waals surface area contributed by atoms with Crippen molar-refractivity contribution in [3.8, 4) is 11.5 Å². The molecule has 2 fully saturated rings. The van der Waals surface area contributed by atoms with Crippen LogP contribution in [0.15, 0.2) is 23.3 Å². The zero-order valence-electron chi connectivity index (χ0n) is 12.6. The van der Waals surface area contributed by atoms with Crippen LogP contribution < -0.4 is 9.47 Å². The highest BCUT2D eigenvalue weighted by Gasteiger charge is 2.43. The van der Waals surface area contributed by atoms with Crippen LogP contribution in [0.2, 0.25) is 0 Å². The van der Waals surface area contributed by atoms with Crippen molar-refractivity contribution in [1.29, 1.82) is 0 Å². The Morgan fingerprint density at radius 3 is 2.77 bits per heavy atom. The Balaban J connectivity index is 1.76. The number of benzene rings is 1. The van der Waals surface area contributed by atoms with Crippen LogP contribution in [0.25, 0.3) is 10.4 Å². The third kappa shape index (κ3) is 3.02. The molecule has 1 amide bonds. The molecule has 0 aromatic heterocycles. The Morgan fingerprint density at radius 2 is 2.09 bits per heavy atom. The van der Waals surface area contributed by atoms with E-state index >= 15 is 0 Å². The number of rotatable bonds is 5. The van der Waals surface area contributed by atoms with Crippen molar-refractivity contribution < 1.29 is 14.3 Å². The van der Waals surface area contributed by atoms with E-state index in [1.54, 1.807) is 7.11 Å². The predicted octanol–water partition coefficient (Wildman–Crippen LogP) is 3.96. The van der Waals surface area contributed by atoms with Gasteiger partial charge in [0, 0.05) is 10.8 Å². The zero-order valence-corrected chi connectivity index (χ0v) is 12.6. The average molecular weight is 301 g/mol. The molecule has 22 heavy (non-hydrogen) atoms.